The number of benzene rings is 1. The molecule has 3 nitrogen and oxygen atoms in total. The Morgan fingerprint density at radius 3 is 2.94 bits per heavy atom. The summed E-state index contributed by atoms with van der Waals surface area (Å²) >= 11 is 0. The topological polar surface area (TPSA) is 30.5 Å². The first-order valence-corrected chi connectivity index (χ1v) is 5.91. The molecule has 3 heteroatoms. The fraction of sp³-hybridized carbons (Fsp3) is 0.538. The molecule has 16 heavy (non-hydrogen) atoms. The van der Waals surface area contributed by atoms with Gasteiger partial charge in [0, 0.05) is 6.04 Å². The Kier molecular flexibility index (Phi) is 3.67. The molecule has 1 atom stereocenters. The summed E-state index contributed by atoms with van der Waals surface area (Å²) in [4.78, 5) is 0. The molecule has 2 rings (SSSR count). The summed E-state index contributed by atoms with van der Waals surface area (Å²) in [7, 11) is 0. The van der Waals surface area contributed by atoms with Crippen molar-refractivity contribution in [2.75, 3.05) is 13.3 Å². The van der Waals surface area contributed by atoms with Crippen molar-refractivity contribution in [3.8, 4) is 11.5 Å². The van der Waals surface area contributed by atoms with Crippen molar-refractivity contribution >= 4 is 0 Å². The summed E-state index contributed by atoms with van der Waals surface area (Å²) in [5.41, 5.74) is 1.29. The van der Waals surface area contributed by atoms with Gasteiger partial charge >= 0.3 is 0 Å². The number of rotatable bonds is 5. The van der Waals surface area contributed by atoms with Gasteiger partial charge in [-0.25, -0.2) is 0 Å². The fourth-order valence-corrected chi connectivity index (χ4v) is 1.88. The highest BCUT2D eigenvalue weighted by atomic mass is 16.7. The van der Waals surface area contributed by atoms with Gasteiger partial charge in [0.1, 0.15) is 0 Å². The van der Waals surface area contributed by atoms with Gasteiger partial charge in [-0.05, 0) is 44.0 Å². The molecule has 0 saturated carbocycles. The summed E-state index contributed by atoms with van der Waals surface area (Å²) in [5, 5.41) is 3.48. The standard InChI is InChI=1S/C13H19NO2/c1-3-6-14-10(2)7-11-4-5-12-13(8-11)16-9-15-12/h4-5,8,10,14H,3,6-7,9H2,1-2H3. The molecule has 0 aromatic heterocycles. The van der Waals surface area contributed by atoms with Crippen LogP contribution in [-0.4, -0.2) is 19.4 Å². The lowest BCUT2D eigenvalue weighted by atomic mass is 10.1. The third-order valence-corrected chi connectivity index (χ3v) is 2.72. The summed E-state index contributed by atoms with van der Waals surface area (Å²) in [5.74, 6) is 1.73. The SMILES string of the molecule is CCCNC(C)Cc1ccc2c(c1)OCO2. The Labute approximate surface area is 96.8 Å². The van der Waals surface area contributed by atoms with Gasteiger partial charge in [0.2, 0.25) is 6.79 Å². The second kappa shape index (κ2) is 5.21. The van der Waals surface area contributed by atoms with Crippen LogP contribution in [0.1, 0.15) is 25.8 Å². The van der Waals surface area contributed by atoms with Gasteiger partial charge in [0.25, 0.3) is 0 Å². The zero-order valence-corrected chi connectivity index (χ0v) is 9.95. The first-order valence-electron chi connectivity index (χ1n) is 5.91. The van der Waals surface area contributed by atoms with E-state index in [4.69, 9.17) is 9.47 Å². The van der Waals surface area contributed by atoms with Crippen LogP contribution in [0.3, 0.4) is 0 Å². The van der Waals surface area contributed by atoms with Gasteiger partial charge in [-0.3, -0.25) is 0 Å². The van der Waals surface area contributed by atoms with E-state index in [1.165, 1.54) is 12.0 Å². The van der Waals surface area contributed by atoms with E-state index in [-0.39, 0.29) is 0 Å². The average molecular weight is 221 g/mol. The minimum Gasteiger partial charge on any atom is -0.454 e. The average Bonchev–Trinajstić information content (AvgIpc) is 2.73. The minimum atomic E-state index is 0.350. The molecule has 0 saturated heterocycles. The summed E-state index contributed by atoms with van der Waals surface area (Å²) < 4.78 is 10.6. The van der Waals surface area contributed by atoms with Crippen LogP contribution in [0.5, 0.6) is 11.5 Å². The smallest absolute Gasteiger partial charge is 0.231 e. The van der Waals surface area contributed by atoms with E-state index in [1.807, 2.05) is 6.07 Å². The molecule has 1 unspecified atom stereocenters. The molecule has 1 aliphatic rings. The van der Waals surface area contributed by atoms with Gasteiger partial charge in [0.15, 0.2) is 11.5 Å². The zero-order valence-electron chi connectivity index (χ0n) is 9.95. The molecular formula is C13H19NO2. The molecular weight excluding hydrogens is 202 g/mol. The van der Waals surface area contributed by atoms with Crippen molar-refractivity contribution in [1.82, 2.24) is 5.32 Å². The highest BCUT2D eigenvalue weighted by Gasteiger charge is 2.13. The second-order valence-electron chi connectivity index (χ2n) is 4.25. The number of fused-ring (bicyclic) bond motifs is 1. The quantitative estimate of drug-likeness (QED) is 0.828. The molecule has 0 bridgehead atoms. The summed E-state index contributed by atoms with van der Waals surface area (Å²) in [6.45, 7) is 5.81. The maximum absolute atomic E-state index is 5.36. The molecule has 1 heterocycles. The lowest BCUT2D eigenvalue weighted by Crippen LogP contribution is -2.28. The Morgan fingerprint density at radius 1 is 1.31 bits per heavy atom. The van der Waals surface area contributed by atoms with Crippen LogP contribution in [0.15, 0.2) is 18.2 Å². The lowest BCUT2D eigenvalue weighted by Gasteiger charge is -2.13. The normalized spacial score (nSPS) is 15.1. The van der Waals surface area contributed by atoms with Crippen molar-refractivity contribution < 1.29 is 9.47 Å². The van der Waals surface area contributed by atoms with E-state index in [1.54, 1.807) is 0 Å². The maximum Gasteiger partial charge on any atom is 0.231 e. The number of nitrogens with one attached hydrogen (secondary N) is 1. The Morgan fingerprint density at radius 2 is 2.12 bits per heavy atom. The van der Waals surface area contributed by atoms with Crippen LogP contribution in [0.25, 0.3) is 0 Å². The molecule has 0 fully saturated rings. The molecule has 0 amide bonds. The molecule has 1 aliphatic heterocycles. The molecule has 1 N–H and O–H groups in total. The van der Waals surface area contributed by atoms with Gasteiger partial charge in [-0.2, -0.15) is 0 Å². The Balaban J connectivity index is 1.94. The van der Waals surface area contributed by atoms with E-state index in [0.29, 0.717) is 12.8 Å². The number of hydrogen-bond donors (Lipinski definition) is 1. The third kappa shape index (κ3) is 2.67. The van der Waals surface area contributed by atoms with Crippen LogP contribution >= 0.6 is 0 Å². The van der Waals surface area contributed by atoms with Crippen LogP contribution in [-0.2, 0) is 6.42 Å². The van der Waals surface area contributed by atoms with Crippen LogP contribution in [0.4, 0.5) is 0 Å². The predicted molar refractivity (Wildman–Crippen MR) is 64.0 cm³/mol. The van der Waals surface area contributed by atoms with Gasteiger partial charge in [-0.1, -0.05) is 13.0 Å². The van der Waals surface area contributed by atoms with E-state index in [2.05, 4.69) is 31.3 Å². The summed E-state index contributed by atoms with van der Waals surface area (Å²) in [6, 6.07) is 6.68. The third-order valence-electron chi connectivity index (χ3n) is 2.72. The Bertz CT molecular complexity index is 352. The van der Waals surface area contributed by atoms with Crippen LogP contribution < -0.4 is 14.8 Å². The van der Waals surface area contributed by atoms with Gasteiger partial charge in [-0.15, -0.1) is 0 Å². The highest BCUT2D eigenvalue weighted by Crippen LogP contribution is 2.32. The van der Waals surface area contributed by atoms with Crippen molar-refractivity contribution in [2.24, 2.45) is 0 Å². The van der Waals surface area contributed by atoms with Gasteiger partial charge < -0.3 is 14.8 Å². The largest absolute Gasteiger partial charge is 0.454 e. The van der Waals surface area contributed by atoms with Gasteiger partial charge in [0.05, 0.1) is 0 Å². The van der Waals surface area contributed by atoms with E-state index in [0.717, 1.165) is 24.5 Å². The van der Waals surface area contributed by atoms with E-state index in [9.17, 15) is 0 Å². The minimum absolute atomic E-state index is 0.350. The van der Waals surface area contributed by atoms with E-state index < -0.39 is 0 Å². The monoisotopic (exact) mass is 221 g/mol. The molecule has 88 valence electrons. The lowest BCUT2D eigenvalue weighted by molar-refractivity contribution is 0.174. The predicted octanol–water partition coefficient (Wildman–Crippen LogP) is 2.35. The van der Waals surface area contributed by atoms with Crippen molar-refractivity contribution in [3.05, 3.63) is 23.8 Å². The summed E-state index contributed by atoms with van der Waals surface area (Å²) in [6.07, 6.45) is 2.20. The first kappa shape index (κ1) is 11.3. The molecule has 0 radical (unpaired) electrons. The van der Waals surface area contributed by atoms with E-state index >= 15 is 0 Å². The maximum atomic E-state index is 5.36. The molecule has 1 aromatic rings. The van der Waals surface area contributed by atoms with Crippen molar-refractivity contribution in [2.45, 2.75) is 32.7 Å². The van der Waals surface area contributed by atoms with Crippen LogP contribution in [0.2, 0.25) is 0 Å². The number of ether oxygens (including phenoxy) is 2. The fourth-order valence-electron chi connectivity index (χ4n) is 1.88. The Hall–Kier alpha value is -1.22. The molecule has 1 aromatic carbocycles. The van der Waals surface area contributed by atoms with Crippen LogP contribution in [0, 0.1) is 0 Å². The second-order valence-corrected chi connectivity index (χ2v) is 4.25. The highest BCUT2D eigenvalue weighted by molar-refractivity contribution is 5.44. The van der Waals surface area contributed by atoms with Crippen molar-refractivity contribution in [3.63, 3.8) is 0 Å². The zero-order chi connectivity index (χ0) is 11.4. The number of hydrogen-bond acceptors (Lipinski definition) is 3. The first-order chi connectivity index (χ1) is 7.79. The molecule has 0 spiro atoms. The molecule has 0 aliphatic carbocycles. The van der Waals surface area contributed by atoms with Crippen molar-refractivity contribution in [1.29, 1.82) is 0 Å².